The maximum atomic E-state index is 13.5. The summed E-state index contributed by atoms with van der Waals surface area (Å²) in [5.41, 5.74) is 1.19. The molecule has 1 aromatic rings. The van der Waals surface area contributed by atoms with E-state index in [1.165, 1.54) is 38.5 Å². The van der Waals surface area contributed by atoms with Crippen molar-refractivity contribution in [1.29, 1.82) is 0 Å². The van der Waals surface area contributed by atoms with Gasteiger partial charge in [0, 0.05) is 39.5 Å². The highest BCUT2D eigenvalue weighted by Gasteiger charge is 2.51. The summed E-state index contributed by atoms with van der Waals surface area (Å²) in [6.45, 7) is 3.76. The SMILES string of the molecule is CC(=O)N1CCCN(C(=O)CC23CC4CC(CC(C4)C2)C3)CCNC(=O)CC1c1ccccc1. The standard InChI is InChI=1S/C28H39N3O3/c1-20(32)31-10-5-9-30(11-8-29-26(33)15-25(31)24-6-3-2-4-7-24)27(34)19-28-16-21-12-22(17-28)14-23(13-21)18-28/h2-4,6-7,21-23,25H,5,8-19H2,1H3,(H,29,33). The quantitative estimate of drug-likeness (QED) is 0.736. The van der Waals surface area contributed by atoms with Gasteiger partial charge in [-0.05, 0) is 73.7 Å². The monoisotopic (exact) mass is 465 g/mol. The largest absolute Gasteiger partial charge is 0.354 e. The maximum absolute atomic E-state index is 13.5. The Balaban J connectivity index is 1.28. The molecule has 6 nitrogen and oxygen atoms in total. The first-order valence-corrected chi connectivity index (χ1v) is 13.3. The predicted octanol–water partition coefficient (Wildman–Crippen LogP) is 3.92. The van der Waals surface area contributed by atoms with Gasteiger partial charge in [0.05, 0.1) is 12.5 Å². The van der Waals surface area contributed by atoms with Crippen molar-refractivity contribution in [3.63, 3.8) is 0 Å². The van der Waals surface area contributed by atoms with Gasteiger partial charge >= 0.3 is 0 Å². The fraction of sp³-hybridized carbons (Fsp3) is 0.679. The minimum absolute atomic E-state index is 0.0349. The van der Waals surface area contributed by atoms with Crippen LogP contribution in [-0.2, 0) is 14.4 Å². The van der Waals surface area contributed by atoms with Crippen LogP contribution in [0.4, 0.5) is 0 Å². The molecule has 6 heteroatoms. The molecule has 1 aromatic carbocycles. The van der Waals surface area contributed by atoms with Gasteiger partial charge in [0.15, 0.2) is 0 Å². The Morgan fingerprint density at radius 3 is 2.24 bits per heavy atom. The summed E-state index contributed by atoms with van der Waals surface area (Å²) < 4.78 is 0. The third kappa shape index (κ3) is 5.01. The Morgan fingerprint density at radius 2 is 1.62 bits per heavy atom. The molecule has 0 spiro atoms. The van der Waals surface area contributed by atoms with E-state index in [0.717, 1.165) is 29.7 Å². The Labute approximate surface area is 203 Å². The molecule has 4 bridgehead atoms. The summed E-state index contributed by atoms with van der Waals surface area (Å²) in [4.78, 5) is 42.7. The van der Waals surface area contributed by atoms with E-state index in [0.29, 0.717) is 32.6 Å². The van der Waals surface area contributed by atoms with Crippen molar-refractivity contribution in [2.75, 3.05) is 26.2 Å². The molecule has 1 saturated heterocycles. The van der Waals surface area contributed by atoms with E-state index in [-0.39, 0.29) is 35.6 Å². The van der Waals surface area contributed by atoms with E-state index in [9.17, 15) is 14.4 Å². The first kappa shape index (κ1) is 23.4. The van der Waals surface area contributed by atoms with Crippen LogP contribution in [0.3, 0.4) is 0 Å². The second-order valence-corrected chi connectivity index (χ2v) is 11.5. The highest BCUT2D eigenvalue weighted by molar-refractivity contribution is 5.80. The minimum atomic E-state index is -0.284. The molecule has 1 aliphatic heterocycles. The highest BCUT2D eigenvalue weighted by atomic mass is 16.2. The number of hydrogen-bond donors (Lipinski definition) is 1. The summed E-state index contributed by atoms with van der Waals surface area (Å²) in [6.07, 6.45) is 9.46. The molecule has 4 aliphatic carbocycles. The van der Waals surface area contributed by atoms with Gasteiger partial charge in [-0.3, -0.25) is 14.4 Å². The number of benzene rings is 1. The Bertz CT molecular complexity index is 879. The zero-order valence-electron chi connectivity index (χ0n) is 20.5. The summed E-state index contributed by atoms with van der Waals surface area (Å²) in [6, 6.07) is 9.51. The molecule has 1 unspecified atom stereocenters. The van der Waals surface area contributed by atoms with E-state index in [2.05, 4.69) is 5.32 Å². The zero-order chi connectivity index (χ0) is 23.7. The third-order valence-corrected chi connectivity index (χ3v) is 8.92. The van der Waals surface area contributed by atoms with Crippen LogP contribution in [0.5, 0.6) is 0 Å². The van der Waals surface area contributed by atoms with Crippen molar-refractivity contribution in [3.8, 4) is 0 Å². The predicted molar refractivity (Wildman–Crippen MR) is 131 cm³/mol. The Hall–Kier alpha value is -2.37. The second-order valence-electron chi connectivity index (χ2n) is 11.5. The first-order valence-electron chi connectivity index (χ1n) is 13.3. The van der Waals surface area contributed by atoms with Crippen LogP contribution in [0.2, 0.25) is 0 Å². The fourth-order valence-corrected chi connectivity index (χ4v) is 7.93. The molecule has 0 radical (unpaired) electrons. The van der Waals surface area contributed by atoms with Gasteiger partial charge in [-0.15, -0.1) is 0 Å². The Morgan fingerprint density at radius 1 is 0.971 bits per heavy atom. The molecule has 1 heterocycles. The molecule has 6 rings (SSSR count). The number of nitrogens with one attached hydrogen (secondary N) is 1. The lowest BCUT2D eigenvalue weighted by molar-refractivity contribution is -0.139. The Kier molecular flexibility index (Phi) is 6.67. The van der Waals surface area contributed by atoms with Crippen LogP contribution >= 0.6 is 0 Å². The second kappa shape index (κ2) is 9.71. The summed E-state index contributed by atoms with van der Waals surface area (Å²) in [7, 11) is 0. The van der Waals surface area contributed by atoms with Gasteiger partial charge in [-0.2, -0.15) is 0 Å². The average Bonchev–Trinajstić information content (AvgIpc) is 2.82. The lowest BCUT2D eigenvalue weighted by Gasteiger charge is -2.57. The number of carbonyl (C=O) groups is 3. The van der Waals surface area contributed by atoms with Crippen LogP contribution in [0.1, 0.15) is 76.3 Å². The minimum Gasteiger partial charge on any atom is -0.354 e. The van der Waals surface area contributed by atoms with Crippen molar-refractivity contribution >= 4 is 17.7 Å². The van der Waals surface area contributed by atoms with Crippen LogP contribution in [0.15, 0.2) is 30.3 Å². The number of rotatable bonds is 3. The molecule has 5 aliphatic rings. The van der Waals surface area contributed by atoms with E-state index >= 15 is 0 Å². The van der Waals surface area contributed by atoms with Crippen LogP contribution in [0, 0.1) is 23.2 Å². The van der Waals surface area contributed by atoms with E-state index in [1.54, 1.807) is 6.92 Å². The highest BCUT2D eigenvalue weighted by Crippen LogP contribution is 2.61. The van der Waals surface area contributed by atoms with E-state index < -0.39 is 0 Å². The molecular weight excluding hydrogens is 426 g/mol. The number of amides is 3. The molecule has 0 aromatic heterocycles. The van der Waals surface area contributed by atoms with Crippen molar-refractivity contribution in [3.05, 3.63) is 35.9 Å². The topological polar surface area (TPSA) is 69.7 Å². The van der Waals surface area contributed by atoms with Crippen molar-refractivity contribution in [1.82, 2.24) is 15.1 Å². The van der Waals surface area contributed by atoms with Gasteiger partial charge in [0.1, 0.15) is 0 Å². The van der Waals surface area contributed by atoms with Gasteiger partial charge < -0.3 is 15.1 Å². The van der Waals surface area contributed by atoms with E-state index in [1.807, 2.05) is 40.1 Å². The summed E-state index contributed by atoms with van der Waals surface area (Å²) in [5.74, 6) is 2.63. The molecule has 5 fully saturated rings. The molecule has 1 N–H and O–H groups in total. The molecule has 34 heavy (non-hydrogen) atoms. The van der Waals surface area contributed by atoms with Crippen LogP contribution in [-0.4, -0.2) is 53.7 Å². The van der Waals surface area contributed by atoms with Crippen molar-refractivity contribution in [2.45, 2.75) is 70.8 Å². The lowest BCUT2D eigenvalue weighted by Crippen LogP contribution is -2.49. The number of hydrogen-bond acceptors (Lipinski definition) is 3. The smallest absolute Gasteiger partial charge is 0.223 e. The molecule has 184 valence electrons. The van der Waals surface area contributed by atoms with Crippen LogP contribution in [0.25, 0.3) is 0 Å². The van der Waals surface area contributed by atoms with Gasteiger partial charge in [0.2, 0.25) is 17.7 Å². The van der Waals surface area contributed by atoms with Crippen molar-refractivity contribution in [2.24, 2.45) is 23.2 Å². The van der Waals surface area contributed by atoms with Gasteiger partial charge in [-0.1, -0.05) is 30.3 Å². The van der Waals surface area contributed by atoms with Gasteiger partial charge in [-0.25, -0.2) is 0 Å². The lowest BCUT2D eigenvalue weighted by atomic mass is 9.49. The number of nitrogens with zero attached hydrogens (tertiary/aromatic N) is 2. The average molecular weight is 466 g/mol. The first-order chi connectivity index (χ1) is 16.4. The maximum Gasteiger partial charge on any atom is 0.223 e. The van der Waals surface area contributed by atoms with Crippen LogP contribution < -0.4 is 5.32 Å². The fourth-order valence-electron chi connectivity index (χ4n) is 7.93. The summed E-state index contributed by atoms with van der Waals surface area (Å²) >= 11 is 0. The van der Waals surface area contributed by atoms with Crippen molar-refractivity contribution < 1.29 is 14.4 Å². The normalized spacial score (nSPS) is 33.9. The third-order valence-electron chi connectivity index (χ3n) is 8.92. The van der Waals surface area contributed by atoms with E-state index in [4.69, 9.17) is 0 Å². The zero-order valence-corrected chi connectivity index (χ0v) is 20.5. The molecule has 1 atom stereocenters. The number of carbonyl (C=O) groups excluding carboxylic acids is 3. The molecule has 3 amide bonds. The molecular formula is C28H39N3O3. The van der Waals surface area contributed by atoms with Gasteiger partial charge in [0.25, 0.3) is 0 Å². The molecule has 4 saturated carbocycles. The summed E-state index contributed by atoms with van der Waals surface area (Å²) in [5, 5.41) is 3.01.